The van der Waals surface area contributed by atoms with Crippen LogP contribution in [0, 0.1) is 17.3 Å². The van der Waals surface area contributed by atoms with Crippen molar-refractivity contribution in [3.8, 4) is 0 Å². The van der Waals surface area contributed by atoms with E-state index in [4.69, 9.17) is 5.73 Å². The molecule has 1 nitrogen and oxygen atoms in total. The van der Waals surface area contributed by atoms with Crippen molar-refractivity contribution in [2.75, 3.05) is 6.54 Å². The normalized spacial score (nSPS) is 27.6. The van der Waals surface area contributed by atoms with E-state index in [-0.39, 0.29) is 0 Å². The van der Waals surface area contributed by atoms with Gasteiger partial charge in [-0.15, -0.1) is 0 Å². The number of hydrogen-bond acceptors (Lipinski definition) is 1. The minimum absolute atomic E-state index is 0.619. The molecule has 1 atom stereocenters. The van der Waals surface area contributed by atoms with Crippen molar-refractivity contribution in [1.82, 2.24) is 0 Å². The van der Waals surface area contributed by atoms with Gasteiger partial charge < -0.3 is 5.73 Å². The van der Waals surface area contributed by atoms with Crippen LogP contribution < -0.4 is 5.73 Å². The zero-order valence-electron chi connectivity index (χ0n) is 7.35. The predicted octanol–water partition coefficient (Wildman–Crippen LogP) is 2.02. The second-order valence-electron chi connectivity index (χ2n) is 4.55. The first-order chi connectivity index (χ1) is 4.55. The van der Waals surface area contributed by atoms with Gasteiger partial charge in [0.1, 0.15) is 0 Å². The fourth-order valence-electron chi connectivity index (χ4n) is 1.95. The molecule has 1 heteroatoms. The topological polar surface area (TPSA) is 26.0 Å². The van der Waals surface area contributed by atoms with E-state index < -0.39 is 0 Å². The smallest absolute Gasteiger partial charge is 0.00488 e. The van der Waals surface area contributed by atoms with Crippen molar-refractivity contribution in [3.63, 3.8) is 0 Å². The van der Waals surface area contributed by atoms with E-state index in [0.29, 0.717) is 5.41 Å². The summed E-state index contributed by atoms with van der Waals surface area (Å²) in [5.74, 6) is 1.66. The van der Waals surface area contributed by atoms with E-state index in [2.05, 4.69) is 20.8 Å². The largest absolute Gasteiger partial charge is 0.330 e. The van der Waals surface area contributed by atoms with Crippen LogP contribution in [0.25, 0.3) is 0 Å². The number of hydrogen-bond donors (Lipinski definition) is 1. The molecule has 0 bridgehead atoms. The van der Waals surface area contributed by atoms with Crippen LogP contribution in [0.2, 0.25) is 0 Å². The summed E-state index contributed by atoms with van der Waals surface area (Å²) < 4.78 is 0. The summed E-state index contributed by atoms with van der Waals surface area (Å²) in [6, 6.07) is 0. The Morgan fingerprint density at radius 2 is 2.00 bits per heavy atom. The molecule has 0 spiro atoms. The molecule has 0 aromatic heterocycles. The first-order valence-electron chi connectivity index (χ1n) is 4.25. The maximum atomic E-state index is 5.57. The van der Waals surface area contributed by atoms with Crippen LogP contribution in [0.3, 0.4) is 0 Å². The van der Waals surface area contributed by atoms with Gasteiger partial charge in [-0.05, 0) is 36.6 Å². The van der Waals surface area contributed by atoms with Crippen molar-refractivity contribution in [2.24, 2.45) is 23.0 Å². The fourth-order valence-corrected chi connectivity index (χ4v) is 1.95. The minimum Gasteiger partial charge on any atom is -0.330 e. The summed E-state index contributed by atoms with van der Waals surface area (Å²) in [7, 11) is 0. The maximum absolute atomic E-state index is 5.57. The van der Waals surface area contributed by atoms with Gasteiger partial charge in [-0.2, -0.15) is 0 Å². The lowest BCUT2D eigenvalue weighted by Crippen LogP contribution is -2.37. The van der Waals surface area contributed by atoms with Gasteiger partial charge in [0.05, 0.1) is 0 Å². The van der Waals surface area contributed by atoms with E-state index in [0.717, 1.165) is 18.4 Å². The lowest BCUT2D eigenvalue weighted by molar-refractivity contribution is 0.0582. The second kappa shape index (κ2) is 2.54. The average molecular weight is 141 g/mol. The zero-order chi connectivity index (χ0) is 7.78. The third kappa shape index (κ3) is 1.51. The zero-order valence-corrected chi connectivity index (χ0v) is 7.35. The van der Waals surface area contributed by atoms with Crippen LogP contribution in [-0.2, 0) is 0 Å². The molecule has 1 rings (SSSR count). The summed E-state index contributed by atoms with van der Waals surface area (Å²) >= 11 is 0. The SMILES string of the molecule is CC(CN)C1CC(C)(C)C1. The standard InChI is InChI=1S/C9H19N/c1-7(6-10)8-4-9(2,3)5-8/h7-8H,4-6,10H2,1-3H3. The fraction of sp³-hybridized carbons (Fsp3) is 1.00. The molecule has 1 aliphatic rings. The molecule has 1 unspecified atom stereocenters. The quantitative estimate of drug-likeness (QED) is 0.625. The summed E-state index contributed by atoms with van der Waals surface area (Å²) in [6.45, 7) is 7.81. The van der Waals surface area contributed by atoms with E-state index in [9.17, 15) is 0 Å². The molecule has 1 fully saturated rings. The Hall–Kier alpha value is -0.0400. The van der Waals surface area contributed by atoms with Crippen LogP contribution in [0.5, 0.6) is 0 Å². The first-order valence-corrected chi connectivity index (χ1v) is 4.25. The lowest BCUT2D eigenvalue weighted by atomic mass is 9.60. The lowest BCUT2D eigenvalue weighted by Gasteiger charge is -2.45. The third-order valence-corrected chi connectivity index (χ3v) is 2.81. The molecular weight excluding hydrogens is 122 g/mol. The first kappa shape index (κ1) is 8.06. The molecule has 0 heterocycles. The third-order valence-electron chi connectivity index (χ3n) is 2.81. The van der Waals surface area contributed by atoms with Crippen molar-refractivity contribution in [3.05, 3.63) is 0 Å². The molecule has 0 radical (unpaired) electrons. The van der Waals surface area contributed by atoms with Gasteiger partial charge in [0.15, 0.2) is 0 Å². The van der Waals surface area contributed by atoms with E-state index in [1.54, 1.807) is 0 Å². The molecule has 0 saturated heterocycles. The molecular formula is C9H19N. The monoisotopic (exact) mass is 141 g/mol. The maximum Gasteiger partial charge on any atom is -0.00488 e. The predicted molar refractivity (Wildman–Crippen MR) is 44.7 cm³/mol. The van der Waals surface area contributed by atoms with E-state index in [1.807, 2.05) is 0 Å². The molecule has 0 aromatic carbocycles. The van der Waals surface area contributed by atoms with Crippen LogP contribution in [0.1, 0.15) is 33.6 Å². The van der Waals surface area contributed by atoms with Gasteiger partial charge in [-0.3, -0.25) is 0 Å². The van der Waals surface area contributed by atoms with Gasteiger partial charge in [0.2, 0.25) is 0 Å². The minimum atomic E-state index is 0.619. The van der Waals surface area contributed by atoms with E-state index >= 15 is 0 Å². The van der Waals surface area contributed by atoms with Gasteiger partial charge in [0, 0.05) is 0 Å². The molecule has 0 amide bonds. The highest BCUT2D eigenvalue weighted by atomic mass is 14.6. The Morgan fingerprint density at radius 1 is 1.50 bits per heavy atom. The van der Waals surface area contributed by atoms with E-state index in [1.165, 1.54) is 12.8 Å². The molecule has 0 aliphatic heterocycles. The van der Waals surface area contributed by atoms with Crippen molar-refractivity contribution in [1.29, 1.82) is 0 Å². The molecule has 1 saturated carbocycles. The highest BCUT2D eigenvalue weighted by Gasteiger charge is 2.38. The van der Waals surface area contributed by atoms with Crippen LogP contribution in [0.4, 0.5) is 0 Å². The number of nitrogens with two attached hydrogens (primary N) is 1. The van der Waals surface area contributed by atoms with Gasteiger partial charge >= 0.3 is 0 Å². The van der Waals surface area contributed by atoms with Gasteiger partial charge in [0.25, 0.3) is 0 Å². The highest BCUT2D eigenvalue weighted by molar-refractivity contribution is 4.89. The summed E-state index contributed by atoms with van der Waals surface area (Å²) in [4.78, 5) is 0. The molecule has 0 aromatic rings. The van der Waals surface area contributed by atoms with Gasteiger partial charge in [-0.25, -0.2) is 0 Å². The Morgan fingerprint density at radius 3 is 2.30 bits per heavy atom. The van der Waals surface area contributed by atoms with Gasteiger partial charge in [-0.1, -0.05) is 20.8 Å². The summed E-state index contributed by atoms with van der Waals surface area (Å²) in [5, 5.41) is 0. The summed E-state index contributed by atoms with van der Waals surface area (Å²) in [6.07, 6.45) is 2.76. The van der Waals surface area contributed by atoms with Crippen molar-refractivity contribution < 1.29 is 0 Å². The molecule has 10 heavy (non-hydrogen) atoms. The molecule has 60 valence electrons. The Balaban J connectivity index is 2.26. The van der Waals surface area contributed by atoms with Crippen molar-refractivity contribution >= 4 is 0 Å². The Kier molecular flexibility index (Phi) is 2.04. The Labute approximate surface area is 64.0 Å². The Bertz CT molecular complexity index is 110. The van der Waals surface area contributed by atoms with Crippen LogP contribution in [-0.4, -0.2) is 6.54 Å². The average Bonchev–Trinajstić information content (AvgIpc) is 1.81. The molecule has 1 aliphatic carbocycles. The van der Waals surface area contributed by atoms with Crippen LogP contribution >= 0.6 is 0 Å². The van der Waals surface area contributed by atoms with Crippen molar-refractivity contribution in [2.45, 2.75) is 33.6 Å². The van der Waals surface area contributed by atoms with Crippen LogP contribution in [0.15, 0.2) is 0 Å². The highest BCUT2D eigenvalue weighted by Crippen LogP contribution is 2.47. The summed E-state index contributed by atoms with van der Waals surface area (Å²) in [5.41, 5.74) is 6.19. The molecule has 2 N–H and O–H groups in total. The number of rotatable bonds is 2. The second-order valence-corrected chi connectivity index (χ2v) is 4.55.